The molecular weight excluding hydrogens is 856 g/mol. The van der Waals surface area contributed by atoms with Gasteiger partial charge in [-0.15, -0.1) is 155 Å². The zero-order valence-corrected chi connectivity index (χ0v) is 32.8. The van der Waals surface area contributed by atoms with Crippen LogP contribution in [0.1, 0.15) is 14.9 Å². The summed E-state index contributed by atoms with van der Waals surface area (Å²) in [5.41, 5.74) is 1.12. The number of hydrogen-bond acceptors (Lipinski definition) is 0. The smallest absolute Gasteiger partial charge is 0.150 e. The van der Waals surface area contributed by atoms with Gasteiger partial charge in [0, 0.05) is 0 Å². The maximum absolute atomic E-state index is 6.15. The van der Waals surface area contributed by atoms with Crippen molar-refractivity contribution in [3.63, 3.8) is 0 Å². The number of hydrogen-bond donors (Lipinski definition) is 0. The molecule has 0 unspecified atom stereocenters. The first-order chi connectivity index (χ1) is 12.9. The lowest BCUT2D eigenvalue weighted by molar-refractivity contribution is 1.31. The van der Waals surface area contributed by atoms with Crippen molar-refractivity contribution >= 4 is 215 Å². The quantitative estimate of drug-likeness (QED) is 0.117. The zero-order chi connectivity index (χ0) is 25.0. The van der Waals surface area contributed by atoms with Crippen LogP contribution < -0.4 is 0 Å². The molecule has 0 aromatic rings. The molecule has 0 radical (unpaired) electrons. The molecule has 0 nitrogen and oxygen atoms in total. The molecule has 0 rings (SSSR count). The zero-order valence-electron chi connectivity index (χ0n) is 14.5. The van der Waals surface area contributed by atoms with Gasteiger partial charge in [0.25, 0.3) is 6.69 Å². The van der Waals surface area contributed by atoms with Gasteiger partial charge in [-0.3, -0.25) is 0 Å². The Morgan fingerprint density at radius 2 is 0.781 bits per heavy atom. The Balaban J connectivity index is -0.000000123. The lowest BCUT2D eigenvalue weighted by atomic mass is 10.9. The molecule has 0 aromatic carbocycles. The van der Waals surface area contributed by atoms with Gasteiger partial charge < -0.3 is 0 Å². The Hall–Kier alpha value is 5.59. The number of rotatable bonds is 10. The molecule has 0 aliphatic carbocycles. The highest BCUT2D eigenvalue weighted by atomic mass is 35.9. The Kier molecular flexibility index (Phi) is 33.0. The van der Waals surface area contributed by atoms with Crippen LogP contribution in [-0.2, 0) is 0 Å². The Morgan fingerprint density at radius 3 is 0.906 bits per heavy atom. The fraction of sp³-hybridized carbons (Fsp3) is 0.800. The van der Waals surface area contributed by atoms with Gasteiger partial charge in [0.05, 0.1) is 0 Å². The normalized spacial score (nSPS) is 12.4. The maximum atomic E-state index is 6.15. The van der Waals surface area contributed by atoms with Crippen LogP contribution in [0.25, 0.3) is 0 Å². The largest absolute Gasteiger partial charge is 0.421 e. The van der Waals surface area contributed by atoms with Gasteiger partial charge >= 0.3 is 24.0 Å². The van der Waals surface area contributed by atoms with Crippen LogP contribution in [0, 0.1) is 6.58 Å². The summed E-state index contributed by atoms with van der Waals surface area (Å²) in [4.78, 5) is 0. The van der Waals surface area contributed by atoms with Gasteiger partial charge in [-0.25, -0.2) is 0 Å². The summed E-state index contributed by atoms with van der Waals surface area (Å²) >= 11 is 90.0. The second-order valence-electron chi connectivity index (χ2n) is 5.34. The molecule has 198 valence electrons. The van der Waals surface area contributed by atoms with Crippen LogP contribution in [0.15, 0.2) is 5.70 Å². The molecule has 0 N–H and O–H groups in total. The SMILES string of the molecule is C.C.Cl[SiH](Cl)CC[Si](Cl)(Cl)Cl.Cl[Si](Cl)(Cl)CC[Si](Cl)(Cl)CC[Si](Cl)(Cl)Cl.[CH+]=C[Si](Cl)(Cl)Cl. The van der Waals surface area contributed by atoms with Crippen LogP contribution in [0.3, 0.4) is 0 Å². The summed E-state index contributed by atoms with van der Waals surface area (Å²) < 4.78 is 0. The molecule has 0 bridgehead atoms. The van der Waals surface area contributed by atoms with E-state index in [1.807, 2.05) is 0 Å². The highest BCUT2D eigenvalue weighted by molar-refractivity contribution is 7.67. The first-order valence-electron chi connectivity index (χ1n) is 7.38. The second kappa shape index (κ2) is 22.3. The van der Waals surface area contributed by atoms with E-state index >= 15 is 0 Å². The van der Waals surface area contributed by atoms with Crippen molar-refractivity contribution in [2.45, 2.75) is 51.1 Å². The molecule has 32 heavy (non-hydrogen) atoms. The third kappa shape index (κ3) is 52.1. The van der Waals surface area contributed by atoms with E-state index in [9.17, 15) is 0 Å². The molecule has 0 heterocycles. The first kappa shape index (κ1) is 47.4. The first-order valence-corrected chi connectivity index (χ1v) is 37.0. The van der Waals surface area contributed by atoms with Gasteiger partial charge in [0.1, 0.15) is 0 Å². The van der Waals surface area contributed by atoms with Gasteiger partial charge in [-0.05, 0) is 36.3 Å². The summed E-state index contributed by atoms with van der Waals surface area (Å²) in [6.45, 7) is 2.43. The lowest BCUT2D eigenvalue weighted by Gasteiger charge is -2.19. The van der Waals surface area contributed by atoms with Gasteiger partial charge in [-0.2, -0.15) is 22.2 Å². The maximum Gasteiger partial charge on any atom is 0.421 e. The lowest BCUT2D eigenvalue weighted by Crippen LogP contribution is -2.25. The van der Waals surface area contributed by atoms with Crippen molar-refractivity contribution in [1.29, 1.82) is 0 Å². The van der Waals surface area contributed by atoms with E-state index in [4.69, 9.17) is 184 Å². The fourth-order valence-corrected chi connectivity index (χ4v) is 22.1. The Labute approximate surface area is 274 Å². The van der Waals surface area contributed by atoms with Crippen LogP contribution >= 0.6 is 177 Å². The van der Waals surface area contributed by atoms with Crippen LogP contribution in [0.2, 0.25) is 36.3 Å². The van der Waals surface area contributed by atoms with E-state index in [2.05, 4.69) is 0 Å². The Bertz CT molecular complexity index is 434. The Morgan fingerprint density at radius 1 is 0.531 bits per heavy atom. The van der Waals surface area contributed by atoms with Crippen LogP contribution in [0.5, 0.6) is 0 Å². The molecule has 22 heteroatoms. The monoisotopic (exact) mass is 871 g/mol. The van der Waals surface area contributed by atoms with E-state index < -0.39 is 38.1 Å². The highest BCUT2D eigenvalue weighted by Crippen LogP contribution is 2.39. The average molecular weight is 879 g/mol. The van der Waals surface area contributed by atoms with E-state index in [-0.39, 0.29) is 14.9 Å². The van der Waals surface area contributed by atoms with Gasteiger partial charge in [-0.1, -0.05) is 14.9 Å². The van der Waals surface area contributed by atoms with Crippen molar-refractivity contribution in [3.05, 3.63) is 12.3 Å². The standard InChI is InChI=1S/C4H8Cl8Si3.C2H5Cl5Si2.C2H2Cl3Si.2CH4/c5-13(6,1-3-14(7,8)9)2-4-15(10,11)12;3-8(4)1-2-9(5,6)7;1-2-6(3,4)5;;/h1-4H2;8H,1-2H2;1-2H;2*1H4/q;;+1;;. The van der Waals surface area contributed by atoms with Crippen LogP contribution in [0.4, 0.5) is 0 Å². The molecule has 0 aromatic heterocycles. The minimum Gasteiger partial charge on any atom is -0.150 e. The topological polar surface area (TPSA) is 0 Å². The van der Waals surface area contributed by atoms with Crippen LogP contribution in [-0.4, -0.2) is 38.1 Å². The summed E-state index contributed by atoms with van der Waals surface area (Å²) in [6.07, 6.45) is 0. The predicted octanol–water partition coefficient (Wildman–Crippen LogP) is 13.0. The third-order valence-corrected chi connectivity index (χ3v) is 19.3. The van der Waals surface area contributed by atoms with E-state index in [0.717, 1.165) is 5.70 Å². The molecule has 0 atom stereocenters. The number of halogens is 16. The predicted molar refractivity (Wildman–Crippen MR) is 181 cm³/mol. The molecular formula is C10H23Cl16Si6+. The second-order valence-corrected chi connectivity index (χ2v) is 54.5. The summed E-state index contributed by atoms with van der Waals surface area (Å²) in [5.74, 6) is 0. The van der Waals surface area contributed by atoms with Gasteiger partial charge in [0.2, 0.25) is 14.0 Å². The summed E-state index contributed by atoms with van der Waals surface area (Å²) in [5, 5.41) is 0. The molecule has 0 spiro atoms. The molecule has 0 saturated carbocycles. The summed E-state index contributed by atoms with van der Waals surface area (Å²) in [6, 6.07) is -7.02. The van der Waals surface area contributed by atoms with Gasteiger partial charge in [0.15, 0.2) is 5.70 Å². The highest BCUT2D eigenvalue weighted by Gasteiger charge is 2.37. The van der Waals surface area contributed by atoms with Crippen molar-refractivity contribution in [3.8, 4) is 0 Å². The van der Waals surface area contributed by atoms with E-state index in [0.29, 0.717) is 36.3 Å². The average Bonchev–Trinajstić information content (AvgIpc) is 2.48. The molecule has 0 saturated heterocycles. The van der Waals surface area contributed by atoms with Crippen molar-refractivity contribution in [2.75, 3.05) is 0 Å². The third-order valence-electron chi connectivity index (χ3n) is 2.38. The fourth-order valence-electron chi connectivity index (χ4n) is 1.05. The molecule has 0 amide bonds. The summed E-state index contributed by atoms with van der Waals surface area (Å²) in [7, 11) is -1.54. The van der Waals surface area contributed by atoms with Crippen molar-refractivity contribution in [1.82, 2.24) is 0 Å². The molecule has 0 fully saturated rings. The van der Waals surface area contributed by atoms with Crippen molar-refractivity contribution < 1.29 is 0 Å². The minimum atomic E-state index is -2.65. The minimum absolute atomic E-state index is 0. The van der Waals surface area contributed by atoms with E-state index in [1.54, 1.807) is 0 Å². The van der Waals surface area contributed by atoms with E-state index in [1.165, 1.54) is 0 Å². The van der Waals surface area contributed by atoms with Crippen molar-refractivity contribution in [2.24, 2.45) is 0 Å². The molecule has 0 aliphatic rings. The molecule has 0 aliphatic heterocycles.